The van der Waals surface area contributed by atoms with Crippen LogP contribution in [-0.4, -0.2) is 40.5 Å². The highest BCUT2D eigenvalue weighted by molar-refractivity contribution is 5.99. The molecule has 0 fully saturated rings. The van der Waals surface area contributed by atoms with Crippen LogP contribution in [0.1, 0.15) is 33.2 Å². The minimum absolute atomic E-state index is 0.211. The van der Waals surface area contributed by atoms with Crippen LogP contribution in [-0.2, 0) is 11.2 Å². The SMILES string of the molecule is COc1nc(C)ccc1C(=O)N1CCc2ccccc2C1C(=O)O. The summed E-state index contributed by atoms with van der Waals surface area (Å²) in [6.07, 6.45) is 0.618. The molecule has 1 unspecified atom stereocenters. The maximum absolute atomic E-state index is 13.0. The predicted molar refractivity (Wildman–Crippen MR) is 87.1 cm³/mol. The number of ether oxygens (including phenoxy) is 1. The minimum Gasteiger partial charge on any atom is -0.480 e. The summed E-state index contributed by atoms with van der Waals surface area (Å²) in [5, 5.41) is 9.68. The molecule has 1 aromatic heterocycles. The van der Waals surface area contributed by atoms with E-state index in [1.54, 1.807) is 31.2 Å². The summed E-state index contributed by atoms with van der Waals surface area (Å²) in [5.74, 6) is -1.22. The smallest absolute Gasteiger partial charge is 0.331 e. The highest BCUT2D eigenvalue weighted by atomic mass is 16.5. The lowest BCUT2D eigenvalue weighted by Gasteiger charge is -2.35. The Morgan fingerprint density at radius 2 is 2.00 bits per heavy atom. The molecule has 1 aliphatic heterocycles. The number of carbonyl (C=O) groups excluding carboxylic acids is 1. The van der Waals surface area contributed by atoms with Gasteiger partial charge in [0.15, 0.2) is 6.04 Å². The fraction of sp³-hybridized carbons (Fsp3) is 0.278. The van der Waals surface area contributed by atoms with Crippen LogP contribution in [0.4, 0.5) is 0 Å². The number of hydrogen-bond acceptors (Lipinski definition) is 4. The fourth-order valence-electron chi connectivity index (χ4n) is 3.06. The van der Waals surface area contributed by atoms with E-state index in [1.165, 1.54) is 12.0 Å². The van der Waals surface area contributed by atoms with Crippen molar-refractivity contribution in [1.82, 2.24) is 9.88 Å². The van der Waals surface area contributed by atoms with E-state index in [2.05, 4.69) is 4.98 Å². The lowest BCUT2D eigenvalue weighted by molar-refractivity contribution is -0.143. The molecule has 0 saturated heterocycles. The second-order valence-corrected chi connectivity index (χ2v) is 5.70. The van der Waals surface area contributed by atoms with Crippen molar-refractivity contribution < 1.29 is 19.4 Å². The van der Waals surface area contributed by atoms with Gasteiger partial charge in [0.05, 0.1) is 7.11 Å². The molecule has 0 radical (unpaired) electrons. The van der Waals surface area contributed by atoms with Crippen LogP contribution < -0.4 is 4.74 Å². The molecule has 1 atom stereocenters. The first-order valence-electron chi connectivity index (χ1n) is 7.66. The van der Waals surface area contributed by atoms with E-state index in [-0.39, 0.29) is 17.4 Å². The molecule has 1 aromatic carbocycles. The lowest BCUT2D eigenvalue weighted by Crippen LogP contribution is -2.43. The number of hydrogen-bond donors (Lipinski definition) is 1. The number of amides is 1. The summed E-state index contributed by atoms with van der Waals surface area (Å²) in [6.45, 7) is 2.14. The van der Waals surface area contributed by atoms with Gasteiger partial charge in [0.2, 0.25) is 5.88 Å². The number of pyridine rings is 1. The molecule has 0 spiro atoms. The molecule has 0 aliphatic carbocycles. The van der Waals surface area contributed by atoms with Crippen molar-refractivity contribution in [3.05, 3.63) is 58.8 Å². The topological polar surface area (TPSA) is 79.7 Å². The number of benzene rings is 1. The summed E-state index contributed by atoms with van der Waals surface area (Å²) in [4.78, 5) is 30.4. The normalized spacial score (nSPS) is 16.4. The van der Waals surface area contributed by atoms with Gasteiger partial charge in [0.25, 0.3) is 5.91 Å². The molecule has 24 heavy (non-hydrogen) atoms. The maximum Gasteiger partial charge on any atom is 0.331 e. The molecule has 2 heterocycles. The molecule has 1 N–H and O–H groups in total. The molecule has 6 heteroatoms. The van der Waals surface area contributed by atoms with Gasteiger partial charge in [-0.1, -0.05) is 24.3 Å². The Hall–Kier alpha value is -2.89. The molecular weight excluding hydrogens is 308 g/mol. The summed E-state index contributed by atoms with van der Waals surface area (Å²) < 4.78 is 5.20. The zero-order valence-corrected chi connectivity index (χ0v) is 13.5. The predicted octanol–water partition coefficient (Wildman–Crippen LogP) is 2.22. The number of carboxylic acid groups (broad SMARTS) is 1. The first kappa shape index (κ1) is 16.0. The van der Waals surface area contributed by atoms with Crippen molar-refractivity contribution in [3.8, 4) is 5.88 Å². The first-order chi connectivity index (χ1) is 11.5. The van der Waals surface area contributed by atoms with Gasteiger partial charge < -0.3 is 14.7 Å². The molecule has 6 nitrogen and oxygen atoms in total. The number of carboxylic acids is 1. The fourth-order valence-corrected chi connectivity index (χ4v) is 3.06. The van der Waals surface area contributed by atoms with Gasteiger partial charge >= 0.3 is 5.97 Å². The maximum atomic E-state index is 13.0. The van der Waals surface area contributed by atoms with Crippen molar-refractivity contribution in [1.29, 1.82) is 0 Å². The summed E-state index contributed by atoms with van der Waals surface area (Å²) in [7, 11) is 1.44. The summed E-state index contributed by atoms with van der Waals surface area (Å²) >= 11 is 0. The summed E-state index contributed by atoms with van der Waals surface area (Å²) in [6, 6.07) is 9.67. The summed E-state index contributed by atoms with van der Waals surface area (Å²) in [5.41, 5.74) is 2.61. The van der Waals surface area contributed by atoms with Crippen LogP contribution in [0.3, 0.4) is 0 Å². The third-order valence-electron chi connectivity index (χ3n) is 4.20. The van der Waals surface area contributed by atoms with Gasteiger partial charge in [-0.3, -0.25) is 4.79 Å². The number of rotatable bonds is 3. The quantitative estimate of drug-likeness (QED) is 0.935. The number of fused-ring (bicyclic) bond motifs is 1. The number of carbonyl (C=O) groups is 2. The average molecular weight is 326 g/mol. The zero-order valence-electron chi connectivity index (χ0n) is 13.5. The number of methoxy groups -OCH3 is 1. The van der Waals surface area contributed by atoms with Crippen molar-refractivity contribution in [3.63, 3.8) is 0 Å². The lowest BCUT2D eigenvalue weighted by atomic mass is 9.92. The van der Waals surface area contributed by atoms with Crippen LogP contribution in [0.15, 0.2) is 36.4 Å². The van der Waals surface area contributed by atoms with Crippen molar-refractivity contribution in [2.75, 3.05) is 13.7 Å². The zero-order chi connectivity index (χ0) is 17.3. The number of aliphatic carboxylic acids is 1. The molecular formula is C18H18N2O4. The Balaban J connectivity index is 2.03. The van der Waals surface area contributed by atoms with Crippen molar-refractivity contribution in [2.24, 2.45) is 0 Å². The molecule has 1 amide bonds. The van der Waals surface area contributed by atoms with Crippen LogP contribution in [0, 0.1) is 6.92 Å². The van der Waals surface area contributed by atoms with E-state index in [4.69, 9.17) is 4.74 Å². The first-order valence-corrected chi connectivity index (χ1v) is 7.66. The van der Waals surface area contributed by atoms with Crippen LogP contribution in [0.2, 0.25) is 0 Å². The van der Waals surface area contributed by atoms with Crippen LogP contribution >= 0.6 is 0 Å². The van der Waals surface area contributed by atoms with Crippen LogP contribution in [0.5, 0.6) is 5.88 Å². The number of aryl methyl sites for hydroxylation is 1. The van der Waals surface area contributed by atoms with E-state index >= 15 is 0 Å². The van der Waals surface area contributed by atoms with Crippen LogP contribution in [0.25, 0.3) is 0 Å². The second-order valence-electron chi connectivity index (χ2n) is 5.70. The van der Waals surface area contributed by atoms with E-state index in [0.717, 1.165) is 11.3 Å². The molecule has 1 aliphatic rings. The minimum atomic E-state index is -1.05. The average Bonchev–Trinajstić information content (AvgIpc) is 2.59. The monoisotopic (exact) mass is 326 g/mol. The van der Waals surface area contributed by atoms with Gasteiger partial charge in [-0.2, -0.15) is 0 Å². The van der Waals surface area contributed by atoms with Crippen molar-refractivity contribution >= 4 is 11.9 Å². The van der Waals surface area contributed by atoms with E-state index in [9.17, 15) is 14.7 Å². The highest BCUT2D eigenvalue weighted by Gasteiger charge is 2.37. The van der Waals surface area contributed by atoms with Gasteiger partial charge in [0.1, 0.15) is 5.56 Å². The molecule has 3 rings (SSSR count). The third kappa shape index (κ3) is 2.71. The van der Waals surface area contributed by atoms with Gasteiger partial charge in [-0.05, 0) is 36.6 Å². The Bertz CT molecular complexity index is 803. The largest absolute Gasteiger partial charge is 0.480 e. The van der Waals surface area contributed by atoms with E-state index < -0.39 is 12.0 Å². The van der Waals surface area contributed by atoms with E-state index in [1.807, 2.05) is 12.1 Å². The molecule has 0 bridgehead atoms. The Morgan fingerprint density at radius 1 is 1.25 bits per heavy atom. The Kier molecular flexibility index (Phi) is 4.20. The number of aromatic nitrogens is 1. The van der Waals surface area contributed by atoms with E-state index in [0.29, 0.717) is 18.5 Å². The van der Waals surface area contributed by atoms with Gasteiger partial charge in [-0.15, -0.1) is 0 Å². The molecule has 2 aromatic rings. The number of nitrogens with zero attached hydrogens (tertiary/aromatic N) is 2. The molecule has 0 saturated carbocycles. The standard InChI is InChI=1S/C18H18N2O4/c1-11-7-8-14(16(19-11)24-2)17(21)20-10-9-12-5-3-4-6-13(12)15(20)18(22)23/h3-8,15H,9-10H2,1-2H3,(H,22,23). The third-order valence-corrected chi connectivity index (χ3v) is 4.20. The van der Waals surface area contributed by atoms with Gasteiger partial charge in [-0.25, -0.2) is 9.78 Å². The van der Waals surface area contributed by atoms with Crippen molar-refractivity contribution in [2.45, 2.75) is 19.4 Å². The Morgan fingerprint density at radius 3 is 2.71 bits per heavy atom. The highest BCUT2D eigenvalue weighted by Crippen LogP contribution is 2.32. The Labute approximate surface area is 139 Å². The molecule has 124 valence electrons. The second kappa shape index (κ2) is 6.31. The van der Waals surface area contributed by atoms with Gasteiger partial charge in [0, 0.05) is 12.2 Å².